The number of hydrogen-bond donors (Lipinski definition) is 3. The molecule has 0 fully saturated rings. The standard InChI is InChI=1S/C20H20F7N7O4/c1-5-33-14(8(3)35)32-34(18(33)37)15-11(21)6-10(17(29-15)38-9(4)19(22,23)24)16(36)28-12-7(2)30-31-13(12)20(25,26)27/h6,8-9,35H,5H2,1-4H3,(H,28,36)(H,30,31). The van der Waals surface area contributed by atoms with E-state index in [1.54, 1.807) is 0 Å². The number of alkyl halides is 6. The topological polar surface area (TPSA) is 140 Å². The quantitative estimate of drug-likeness (QED) is 0.380. The van der Waals surface area contributed by atoms with Gasteiger partial charge in [0.15, 0.2) is 29.3 Å². The van der Waals surface area contributed by atoms with Crippen LogP contribution in [0.3, 0.4) is 0 Å². The lowest BCUT2D eigenvalue weighted by Crippen LogP contribution is -2.33. The molecule has 18 heteroatoms. The number of halogens is 7. The number of pyridine rings is 1. The van der Waals surface area contributed by atoms with Gasteiger partial charge in [0.2, 0.25) is 5.88 Å². The van der Waals surface area contributed by atoms with Gasteiger partial charge in [0.25, 0.3) is 5.91 Å². The van der Waals surface area contributed by atoms with Crippen molar-refractivity contribution in [2.75, 3.05) is 5.32 Å². The van der Waals surface area contributed by atoms with Crippen molar-refractivity contribution in [1.82, 2.24) is 29.5 Å². The lowest BCUT2D eigenvalue weighted by Gasteiger charge is -2.19. The number of nitrogens with one attached hydrogen (secondary N) is 2. The molecule has 11 nitrogen and oxygen atoms in total. The highest BCUT2D eigenvalue weighted by Gasteiger charge is 2.41. The summed E-state index contributed by atoms with van der Waals surface area (Å²) in [7, 11) is 0. The van der Waals surface area contributed by atoms with Crippen LogP contribution < -0.4 is 15.7 Å². The maximum atomic E-state index is 15.1. The summed E-state index contributed by atoms with van der Waals surface area (Å²) in [5.41, 5.74) is -4.70. The summed E-state index contributed by atoms with van der Waals surface area (Å²) in [6.45, 7) is 4.39. The molecule has 0 radical (unpaired) electrons. The minimum Gasteiger partial charge on any atom is -0.464 e. The van der Waals surface area contributed by atoms with Gasteiger partial charge in [-0.3, -0.25) is 14.5 Å². The monoisotopic (exact) mass is 555 g/mol. The van der Waals surface area contributed by atoms with Crippen LogP contribution in [-0.2, 0) is 12.7 Å². The average Bonchev–Trinajstić information content (AvgIpc) is 3.33. The lowest BCUT2D eigenvalue weighted by molar-refractivity contribution is -0.190. The molecule has 3 N–H and O–H groups in total. The molecule has 208 valence electrons. The number of carbonyl (C=O) groups is 1. The van der Waals surface area contributed by atoms with Crippen LogP contribution in [0, 0.1) is 12.7 Å². The van der Waals surface area contributed by atoms with Gasteiger partial charge in [-0.2, -0.15) is 41.1 Å². The molecule has 0 aliphatic carbocycles. The zero-order chi connectivity index (χ0) is 28.7. The van der Waals surface area contributed by atoms with Gasteiger partial charge in [0.1, 0.15) is 11.7 Å². The smallest absolute Gasteiger partial charge is 0.437 e. The van der Waals surface area contributed by atoms with Gasteiger partial charge >= 0.3 is 18.0 Å². The molecule has 0 aliphatic heterocycles. The van der Waals surface area contributed by atoms with Crippen LogP contribution in [-0.4, -0.2) is 52.8 Å². The molecular weight excluding hydrogens is 535 g/mol. The molecule has 38 heavy (non-hydrogen) atoms. The molecular formula is C20H20F7N7O4. The van der Waals surface area contributed by atoms with E-state index in [9.17, 15) is 41.0 Å². The molecule has 0 aromatic carbocycles. The van der Waals surface area contributed by atoms with Gasteiger partial charge in [-0.25, -0.2) is 9.18 Å². The molecule has 3 rings (SSSR count). The third-order valence-corrected chi connectivity index (χ3v) is 5.15. The number of H-pyrrole nitrogens is 1. The number of amides is 1. The SMILES string of the molecule is CCn1c(C(C)O)nn(-c2nc(OC(C)C(F)(F)F)c(C(=O)Nc3c(C(F)(F)F)n[nH]c3C)cc2F)c1=O. The number of anilines is 1. The Hall–Kier alpha value is -3.96. The normalized spacial score (nSPS) is 13.9. The molecule has 0 aliphatic rings. The Balaban J connectivity index is 2.18. The van der Waals surface area contributed by atoms with Crippen molar-refractivity contribution >= 4 is 11.6 Å². The largest absolute Gasteiger partial charge is 0.464 e. The number of aliphatic hydroxyl groups excluding tert-OH is 1. The molecule has 3 aromatic heterocycles. The number of aliphatic hydroxyl groups is 1. The summed E-state index contributed by atoms with van der Waals surface area (Å²) in [6, 6.07) is 0.332. The first-order valence-corrected chi connectivity index (χ1v) is 10.7. The van der Waals surface area contributed by atoms with Crippen molar-refractivity contribution in [3.05, 3.63) is 45.1 Å². The van der Waals surface area contributed by atoms with E-state index < -0.39 is 70.6 Å². The number of aromatic amines is 1. The van der Waals surface area contributed by atoms with E-state index in [-0.39, 0.29) is 18.1 Å². The first kappa shape index (κ1) is 28.6. The number of aryl methyl sites for hydroxylation is 1. The molecule has 2 unspecified atom stereocenters. The van der Waals surface area contributed by atoms with Gasteiger partial charge in [-0.05, 0) is 33.8 Å². The van der Waals surface area contributed by atoms with Crippen molar-refractivity contribution in [1.29, 1.82) is 0 Å². The van der Waals surface area contributed by atoms with Gasteiger partial charge in [0.05, 0.1) is 11.4 Å². The fourth-order valence-electron chi connectivity index (χ4n) is 3.22. The Labute approximate surface area is 208 Å². The van der Waals surface area contributed by atoms with Crippen molar-refractivity contribution in [3.63, 3.8) is 0 Å². The van der Waals surface area contributed by atoms with Gasteiger partial charge in [-0.15, -0.1) is 5.10 Å². The number of nitrogens with zero attached hydrogens (tertiary/aromatic N) is 5. The minimum atomic E-state index is -5.02. The highest BCUT2D eigenvalue weighted by atomic mass is 19.4. The third kappa shape index (κ3) is 5.48. The second kappa shape index (κ2) is 10.1. The summed E-state index contributed by atoms with van der Waals surface area (Å²) in [4.78, 5) is 29.1. The Morgan fingerprint density at radius 1 is 1.24 bits per heavy atom. The van der Waals surface area contributed by atoms with Crippen LogP contribution in [0.15, 0.2) is 10.9 Å². The highest BCUT2D eigenvalue weighted by Crippen LogP contribution is 2.35. The van der Waals surface area contributed by atoms with E-state index in [2.05, 4.69) is 15.2 Å². The zero-order valence-corrected chi connectivity index (χ0v) is 20.0. The molecule has 0 spiro atoms. The number of rotatable bonds is 7. The molecule has 2 atom stereocenters. The molecule has 0 saturated carbocycles. The van der Waals surface area contributed by atoms with Crippen molar-refractivity contribution < 1.29 is 45.4 Å². The van der Waals surface area contributed by atoms with E-state index in [4.69, 9.17) is 4.74 Å². The Morgan fingerprint density at radius 2 is 1.87 bits per heavy atom. The average molecular weight is 555 g/mol. The van der Waals surface area contributed by atoms with E-state index >= 15 is 4.39 Å². The second-order valence-corrected chi connectivity index (χ2v) is 7.95. The number of ether oxygens (including phenoxy) is 1. The fourth-order valence-corrected chi connectivity index (χ4v) is 3.22. The second-order valence-electron chi connectivity index (χ2n) is 7.95. The fraction of sp³-hybridized carbons (Fsp3) is 0.450. The summed E-state index contributed by atoms with van der Waals surface area (Å²) in [5, 5.41) is 20.5. The maximum Gasteiger partial charge on any atom is 0.437 e. The van der Waals surface area contributed by atoms with Crippen LogP contribution in [0.5, 0.6) is 5.88 Å². The number of aromatic nitrogens is 6. The maximum absolute atomic E-state index is 15.1. The van der Waals surface area contributed by atoms with Gasteiger partial charge in [-0.1, -0.05) is 0 Å². The summed E-state index contributed by atoms with van der Waals surface area (Å²) >= 11 is 0. The van der Waals surface area contributed by atoms with Crippen LogP contribution in [0.1, 0.15) is 54.4 Å². The van der Waals surface area contributed by atoms with Gasteiger partial charge in [0, 0.05) is 6.54 Å². The highest BCUT2D eigenvalue weighted by molar-refractivity contribution is 6.06. The van der Waals surface area contributed by atoms with E-state index in [1.807, 2.05) is 10.4 Å². The lowest BCUT2D eigenvalue weighted by atomic mass is 10.2. The Bertz CT molecular complexity index is 1410. The minimum absolute atomic E-state index is 0.0266. The summed E-state index contributed by atoms with van der Waals surface area (Å²) < 4.78 is 100. The Morgan fingerprint density at radius 3 is 2.37 bits per heavy atom. The van der Waals surface area contributed by atoms with Crippen LogP contribution >= 0.6 is 0 Å². The van der Waals surface area contributed by atoms with Crippen LogP contribution in [0.25, 0.3) is 5.82 Å². The summed E-state index contributed by atoms with van der Waals surface area (Å²) in [6.07, 6.45) is -13.9. The van der Waals surface area contributed by atoms with Crippen LogP contribution in [0.4, 0.5) is 36.4 Å². The first-order valence-electron chi connectivity index (χ1n) is 10.7. The zero-order valence-electron chi connectivity index (χ0n) is 20.0. The van der Waals surface area contributed by atoms with E-state index in [0.29, 0.717) is 17.7 Å². The number of hydrogen-bond acceptors (Lipinski definition) is 7. The van der Waals surface area contributed by atoms with Crippen molar-refractivity contribution in [3.8, 4) is 11.7 Å². The van der Waals surface area contributed by atoms with Crippen molar-refractivity contribution in [2.45, 2.75) is 58.8 Å². The molecule has 0 saturated heterocycles. The predicted molar refractivity (Wildman–Crippen MR) is 114 cm³/mol. The summed E-state index contributed by atoms with van der Waals surface area (Å²) in [5.74, 6) is -5.34. The van der Waals surface area contributed by atoms with Crippen molar-refractivity contribution in [2.24, 2.45) is 0 Å². The van der Waals surface area contributed by atoms with E-state index in [1.165, 1.54) is 13.8 Å². The Kier molecular flexibility index (Phi) is 7.58. The van der Waals surface area contributed by atoms with Crippen LogP contribution in [0.2, 0.25) is 0 Å². The molecule has 0 bridgehead atoms. The molecule has 3 heterocycles. The van der Waals surface area contributed by atoms with Gasteiger partial charge < -0.3 is 15.2 Å². The van der Waals surface area contributed by atoms with E-state index in [0.717, 1.165) is 11.5 Å². The first-order chi connectivity index (χ1) is 17.5. The number of carbonyl (C=O) groups excluding carboxylic acids is 1. The third-order valence-electron chi connectivity index (χ3n) is 5.15. The molecule has 1 amide bonds. The predicted octanol–water partition coefficient (Wildman–Crippen LogP) is 3.27. The molecule has 3 aromatic rings.